The molecule has 0 spiro atoms. The summed E-state index contributed by atoms with van der Waals surface area (Å²) in [6, 6.07) is 0. The Morgan fingerprint density at radius 3 is 0.800 bits per heavy atom. The van der Waals surface area contributed by atoms with Gasteiger partial charge in [-0.25, -0.2) is 0 Å². The number of rotatable bonds is 0. The average molecular weight is 73.1 g/mol. The van der Waals surface area contributed by atoms with Gasteiger partial charge in [0.1, 0.15) is 0 Å². The first kappa shape index (κ1) is 4.96. The Labute approximate surface area is 33.8 Å². The van der Waals surface area contributed by atoms with Crippen molar-refractivity contribution in [2.24, 2.45) is 0 Å². The minimum atomic E-state index is 1.00. The summed E-state index contributed by atoms with van der Waals surface area (Å²) in [4.78, 5) is 0. The smallest absolute Gasteiger partial charge is 0.0675 e. The van der Waals surface area contributed by atoms with Gasteiger partial charge in [-0.05, 0) is 0 Å². The third-order valence-corrected chi connectivity index (χ3v) is 0. The average Bonchev–Trinajstić information content (AvgIpc) is 0.722. The van der Waals surface area contributed by atoms with Crippen molar-refractivity contribution in [3.05, 3.63) is 0 Å². The SMILES string of the molecule is C[N+](C)(C)[11CH3]. The van der Waals surface area contributed by atoms with Gasteiger partial charge >= 0.3 is 0 Å². The zero-order chi connectivity index (χ0) is 4.50. The summed E-state index contributed by atoms with van der Waals surface area (Å²) in [6.45, 7) is 0. The number of nitrogens with zero attached hydrogens (tertiary/aromatic N) is 1. The third-order valence-electron chi connectivity index (χ3n) is 0. The molecule has 0 fully saturated rings. The molecule has 0 aromatic rings. The summed E-state index contributed by atoms with van der Waals surface area (Å²) < 4.78 is 1.00. The highest BCUT2D eigenvalue weighted by Gasteiger charge is 1.88. The van der Waals surface area contributed by atoms with Gasteiger partial charge in [-0.3, -0.25) is 0 Å². The third kappa shape index (κ3) is 9510. The van der Waals surface area contributed by atoms with Crippen molar-refractivity contribution in [1.82, 2.24) is 0 Å². The van der Waals surface area contributed by atoms with E-state index in [1.165, 1.54) is 0 Å². The summed E-state index contributed by atoms with van der Waals surface area (Å²) in [6.07, 6.45) is 0. The molecule has 32 valence electrons. The van der Waals surface area contributed by atoms with Crippen LogP contribution in [0.5, 0.6) is 0 Å². The Hall–Kier alpha value is -0.0400. The Bertz CT molecular complexity index is 19.1. The first-order chi connectivity index (χ1) is 2.00. The molecule has 0 aliphatic carbocycles. The second-order valence-corrected chi connectivity index (χ2v) is 2.68. The fourth-order valence-corrected chi connectivity index (χ4v) is 0. The lowest BCUT2D eigenvalue weighted by Crippen LogP contribution is -2.27. The highest BCUT2D eigenvalue weighted by atomic mass is 15.2. The van der Waals surface area contributed by atoms with Crippen LogP contribution in [0.4, 0.5) is 0 Å². The van der Waals surface area contributed by atoms with Crippen LogP contribution in [0.15, 0.2) is 0 Å². The predicted octanol–water partition coefficient (Wildman–Crippen LogP) is 0.322. The Kier molecular flexibility index (Phi) is 0.969. The fraction of sp³-hybridized carbons (Fsp3) is 1.00. The first-order valence-corrected chi connectivity index (χ1v) is 1.79. The van der Waals surface area contributed by atoms with Crippen molar-refractivity contribution in [2.75, 3.05) is 28.2 Å². The lowest BCUT2D eigenvalue weighted by atomic mass is 10.4. The standard InChI is InChI=1S/C4H12N/c1-5(2,3)4/h1-4H3/q+1/i1-1. The molecule has 0 aliphatic heterocycles. The highest BCUT2D eigenvalue weighted by Crippen LogP contribution is 1.73. The Morgan fingerprint density at radius 1 is 0.800 bits per heavy atom. The molecule has 5 heavy (non-hydrogen) atoms. The second-order valence-electron chi connectivity index (χ2n) is 2.68. The molecule has 0 rings (SSSR count). The lowest BCUT2D eigenvalue weighted by molar-refractivity contribution is -0.849. The van der Waals surface area contributed by atoms with Crippen LogP contribution < -0.4 is 0 Å². The molecule has 0 heterocycles. The molecule has 0 aromatic carbocycles. The van der Waals surface area contributed by atoms with Gasteiger partial charge in [0, 0.05) is 0 Å². The fourth-order valence-electron chi connectivity index (χ4n) is 0. The zero-order valence-electron chi connectivity index (χ0n) is 4.45. The molecule has 0 N–H and O–H groups in total. The van der Waals surface area contributed by atoms with Crippen LogP contribution in [0.25, 0.3) is 0 Å². The first-order valence-electron chi connectivity index (χ1n) is 1.79. The molecule has 0 amide bonds. The molecule has 0 aromatic heterocycles. The van der Waals surface area contributed by atoms with Crippen molar-refractivity contribution < 1.29 is 4.48 Å². The maximum atomic E-state index is 2.12. The minimum absolute atomic E-state index is 1.00. The zero-order valence-corrected chi connectivity index (χ0v) is 4.45. The monoisotopic (exact) mass is 73.1 g/mol. The summed E-state index contributed by atoms with van der Waals surface area (Å²) in [5.74, 6) is 0. The van der Waals surface area contributed by atoms with Crippen LogP contribution in [0.1, 0.15) is 0 Å². The number of hydrogen-bond acceptors (Lipinski definition) is 0. The molecule has 0 saturated carbocycles. The molecular weight excluding hydrogens is 61.1 g/mol. The minimum Gasteiger partial charge on any atom is -0.333 e. The van der Waals surface area contributed by atoms with Crippen LogP contribution in [0.2, 0.25) is 0 Å². The normalized spacial score (nSPS) is 12.0. The number of hydrogen-bond donors (Lipinski definition) is 0. The van der Waals surface area contributed by atoms with Crippen molar-refractivity contribution >= 4 is 0 Å². The topological polar surface area (TPSA) is 0 Å². The Morgan fingerprint density at radius 2 is 0.800 bits per heavy atom. The molecule has 0 atom stereocenters. The van der Waals surface area contributed by atoms with E-state index in [4.69, 9.17) is 0 Å². The summed E-state index contributed by atoms with van der Waals surface area (Å²) in [5, 5.41) is 0. The lowest BCUT2D eigenvalue weighted by Gasteiger charge is -2.14. The van der Waals surface area contributed by atoms with E-state index in [0.29, 0.717) is 0 Å². The van der Waals surface area contributed by atoms with Crippen LogP contribution in [0, 0.1) is 0 Å². The second kappa shape index (κ2) is 0.977. The van der Waals surface area contributed by atoms with Gasteiger partial charge in [-0.15, -0.1) is 0 Å². The van der Waals surface area contributed by atoms with E-state index in [0.717, 1.165) is 4.48 Å². The predicted molar refractivity (Wildman–Crippen MR) is 24.0 cm³/mol. The Balaban J connectivity index is 3.02. The van der Waals surface area contributed by atoms with E-state index in [1.54, 1.807) is 0 Å². The van der Waals surface area contributed by atoms with E-state index in [1.807, 2.05) is 0 Å². The maximum Gasteiger partial charge on any atom is 0.0675 e. The molecule has 0 bridgehead atoms. The van der Waals surface area contributed by atoms with E-state index in [-0.39, 0.29) is 0 Å². The van der Waals surface area contributed by atoms with Crippen LogP contribution in [-0.2, 0) is 0 Å². The van der Waals surface area contributed by atoms with E-state index >= 15 is 0 Å². The summed E-state index contributed by atoms with van der Waals surface area (Å²) in [7, 11) is 8.50. The number of quaternary nitrogens is 1. The quantitative estimate of drug-likeness (QED) is 0.362. The van der Waals surface area contributed by atoms with Gasteiger partial charge in [0.05, 0.1) is 28.2 Å². The molecule has 1 heteroatoms. The van der Waals surface area contributed by atoms with Gasteiger partial charge in [-0.2, -0.15) is 0 Å². The molecule has 0 radical (unpaired) electrons. The van der Waals surface area contributed by atoms with Gasteiger partial charge < -0.3 is 4.48 Å². The van der Waals surface area contributed by atoms with E-state index in [9.17, 15) is 0 Å². The van der Waals surface area contributed by atoms with Crippen molar-refractivity contribution in [3.63, 3.8) is 0 Å². The summed E-state index contributed by atoms with van der Waals surface area (Å²) >= 11 is 0. The molecule has 0 aliphatic rings. The van der Waals surface area contributed by atoms with Crippen LogP contribution in [-0.4, -0.2) is 32.7 Å². The maximum absolute atomic E-state index is 2.12. The molecule has 1 nitrogen and oxygen atoms in total. The van der Waals surface area contributed by atoms with Gasteiger partial charge in [0.25, 0.3) is 0 Å². The summed E-state index contributed by atoms with van der Waals surface area (Å²) in [5.41, 5.74) is 0. The van der Waals surface area contributed by atoms with E-state index in [2.05, 4.69) is 28.2 Å². The van der Waals surface area contributed by atoms with Gasteiger partial charge in [0.2, 0.25) is 0 Å². The van der Waals surface area contributed by atoms with Crippen molar-refractivity contribution in [1.29, 1.82) is 0 Å². The molecular formula is C4H12N+. The van der Waals surface area contributed by atoms with Crippen LogP contribution in [0.3, 0.4) is 0 Å². The van der Waals surface area contributed by atoms with E-state index < -0.39 is 0 Å². The molecule has 0 saturated heterocycles. The van der Waals surface area contributed by atoms with Crippen molar-refractivity contribution in [2.45, 2.75) is 0 Å². The molecule has 0 unspecified atom stereocenters. The largest absolute Gasteiger partial charge is 0.333 e. The van der Waals surface area contributed by atoms with Gasteiger partial charge in [0.15, 0.2) is 0 Å². The van der Waals surface area contributed by atoms with Crippen LogP contribution >= 0.6 is 0 Å². The van der Waals surface area contributed by atoms with Gasteiger partial charge in [-0.1, -0.05) is 0 Å². The van der Waals surface area contributed by atoms with Crippen molar-refractivity contribution in [3.8, 4) is 0 Å². The highest BCUT2D eigenvalue weighted by molar-refractivity contribution is 3.87.